The molecule has 0 saturated carbocycles. The van der Waals surface area contributed by atoms with Crippen molar-refractivity contribution in [3.05, 3.63) is 59.7 Å². The molecule has 2 aliphatic heterocycles. The molecule has 0 aliphatic carbocycles. The summed E-state index contributed by atoms with van der Waals surface area (Å²) in [5, 5.41) is 21.1. The summed E-state index contributed by atoms with van der Waals surface area (Å²) in [7, 11) is 2.94. The van der Waals surface area contributed by atoms with E-state index in [1.54, 1.807) is 24.3 Å². The lowest BCUT2D eigenvalue weighted by Gasteiger charge is -2.15. The van der Waals surface area contributed by atoms with Crippen molar-refractivity contribution in [2.24, 2.45) is 15.5 Å². The average Bonchev–Trinajstić information content (AvgIpc) is 3.17. The third kappa shape index (κ3) is 4.95. The van der Waals surface area contributed by atoms with Crippen LogP contribution in [0.15, 0.2) is 64.0 Å². The molecule has 2 aliphatic rings. The quantitative estimate of drug-likeness (QED) is 0.626. The summed E-state index contributed by atoms with van der Waals surface area (Å²) >= 11 is 0. The SMILES string of the molecule is CON=C(C1=NOCCO1)c1ccccc1O.CON=C1COc2ccccc21. The number of phenolic OH excluding ortho intramolecular Hbond substituents is 1. The number of hydrogen-bond acceptors (Lipinski definition) is 9. The fraction of sp³-hybridized carbons (Fsp3) is 0.250. The zero-order chi connectivity index (χ0) is 20.5. The molecule has 2 aromatic rings. The van der Waals surface area contributed by atoms with E-state index in [9.17, 15) is 5.11 Å². The molecule has 0 fully saturated rings. The van der Waals surface area contributed by atoms with E-state index in [1.165, 1.54) is 14.2 Å². The Morgan fingerprint density at radius 1 is 1.00 bits per heavy atom. The molecule has 0 radical (unpaired) electrons. The van der Waals surface area contributed by atoms with Gasteiger partial charge < -0.3 is 29.1 Å². The van der Waals surface area contributed by atoms with E-state index in [4.69, 9.17) is 24.0 Å². The number of benzene rings is 2. The number of hydrogen-bond donors (Lipinski definition) is 1. The molecule has 0 saturated heterocycles. The van der Waals surface area contributed by atoms with Gasteiger partial charge in [-0.05, 0) is 29.4 Å². The van der Waals surface area contributed by atoms with Crippen molar-refractivity contribution in [2.75, 3.05) is 34.0 Å². The molecule has 2 aromatic carbocycles. The molecule has 0 bridgehead atoms. The van der Waals surface area contributed by atoms with Gasteiger partial charge in [0.15, 0.2) is 12.3 Å². The number of ether oxygens (including phenoxy) is 2. The Hall–Kier alpha value is -3.75. The first-order valence-corrected chi connectivity index (χ1v) is 8.79. The number of phenols is 1. The van der Waals surface area contributed by atoms with Gasteiger partial charge in [0.1, 0.15) is 44.6 Å². The van der Waals surface area contributed by atoms with Crippen LogP contribution in [0.5, 0.6) is 11.5 Å². The van der Waals surface area contributed by atoms with Crippen molar-refractivity contribution >= 4 is 17.3 Å². The second kappa shape index (κ2) is 9.98. The van der Waals surface area contributed by atoms with Crippen molar-refractivity contribution in [3.63, 3.8) is 0 Å². The minimum atomic E-state index is 0.0696. The van der Waals surface area contributed by atoms with Gasteiger partial charge in [-0.3, -0.25) is 0 Å². The molecular formula is C20H21N3O6. The van der Waals surface area contributed by atoms with Crippen LogP contribution >= 0.6 is 0 Å². The molecule has 2 heterocycles. The van der Waals surface area contributed by atoms with Crippen LogP contribution in [-0.4, -0.2) is 56.5 Å². The lowest BCUT2D eigenvalue weighted by atomic mass is 10.1. The number of rotatable bonds is 4. The van der Waals surface area contributed by atoms with Crippen LogP contribution < -0.4 is 4.74 Å². The highest BCUT2D eigenvalue weighted by atomic mass is 16.7. The van der Waals surface area contributed by atoms with Crippen LogP contribution in [0.25, 0.3) is 0 Å². The summed E-state index contributed by atoms with van der Waals surface area (Å²) in [5.74, 6) is 1.15. The molecule has 0 unspecified atom stereocenters. The molecule has 4 rings (SSSR count). The molecule has 0 spiro atoms. The van der Waals surface area contributed by atoms with Gasteiger partial charge >= 0.3 is 0 Å². The molecule has 9 heteroatoms. The maximum absolute atomic E-state index is 9.75. The minimum Gasteiger partial charge on any atom is -0.507 e. The summed E-state index contributed by atoms with van der Waals surface area (Å²) in [5.41, 5.74) is 2.65. The van der Waals surface area contributed by atoms with Crippen molar-refractivity contribution in [2.45, 2.75) is 0 Å². The van der Waals surface area contributed by atoms with E-state index in [0.29, 0.717) is 31.1 Å². The Kier molecular flexibility index (Phi) is 6.88. The van der Waals surface area contributed by atoms with Gasteiger partial charge in [-0.1, -0.05) is 34.6 Å². The zero-order valence-corrected chi connectivity index (χ0v) is 16.1. The lowest BCUT2D eigenvalue weighted by molar-refractivity contribution is 0.0672. The Balaban J connectivity index is 0.000000176. The Labute approximate surface area is 167 Å². The number of para-hydroxylation sites is 2. The molecule has 29 heavy (non-hydrogen) atoms. The molecule has 1 N–H and O–H groups in total. The molecule has 0 amide bonds. The lowest BCUT2D eigenvalue weighted by Crippen LogP contribution is -2.25. The second-order valence-electron chi connectivity index (χ2n) is 5.72. The van der Waals surface area contributed by atoms with Gasteiger partial charge in [-0.2, -0.15) is 0 Å². The average molecular weight is 399 g/mol. The van der Waals surface area contributed by atoms with Crippen LogP contribution in [0, 0.1) is 0 Å². The van der Waals surface area contributed by atoms with Gasteiger partial charge in [-0.15, -0.1) is 0 Å². The van der Waals surface area contributed by atoms with Crippen molar-refractivity contribution in [3.8, 4) is 11.5 Å². The molecular weight excluding hydrogens is 378 g/mol. The van der Waals surface area contributed by atoms with E-state index in [2.05, 4.69) is 15.5 Å². The van der Waals surface area contributed by atoms with Gasteiger partial charge in [0.05, 0.1) is 5.56 Å². The predicted molar refractivity (Wildman–Crippen MR) is 106 cm³/mol. The summed E-state index contributed by atoms with van der Waals surface area (Å²) in [4.78, 5) is 14.3. The zero-order valence-electron chi connectivity index (χ0n) is 16.1. The Morgan fingerprint density at radius 3 is 2.52 bits per heavy atom. The van der Waals surface area contributed by atoms with Gasteiger partial charge in [-0.25, -0.2) is 0 Å². The number of oxime groups is 3. The highest BCUT2D eigenvalue weighted by Crippen LogP contribution is 2.24. The predicted octanol–water partition coefficient (Wildman–Crippen LogP) is 2.53. The van der Waals surface area contributed by atoms with Gasteiger partial charge in [0.2, 0.25) is 0 Å². The summed E-state index contributed by atoms with van der Waals surface area (Å²) in [6.07, 6.45) is 0. The van der Waals surface area contributed by atoms with E-state index in [1.807, 2.05) is 24.3 Å². The molecule has 0 aromatic heterocycles. The van der Waals surface area contributed by atoms with E-state index in [0.717, 1.165) is 17.0 Å². The van der Waals surface area contributed by atoms with Gasteiger partial charge in [0.25, 0.3) is 5.90 Å². The number of aromatic hydroxyl groups is 1. The van der Waals surface area contributed by atoms with Crippen LogP contribution in [-0.2, 0) is 19.2 Å². The smallest absolute Gasteiger partial charge is 0.280 e. The van der Waals surface area contributed by atoms with Crippen molar-refractivity contribution in [1.82, 2.24) is 0 Å². The summed E-state index contributed by atoms with van der Waals surface area (Å²) < 4.78 is 10.7. The monoisotopic (exact) mass is 399 g/mol. The first-order valence-electron chi connectivity index (χ1n) is 8.79. The van der Waals surface area contributed by atoms with E-state index in [-0.39, 0.29) is 11.6 Å². The summed E-state index contributed by atoms with van der Waals surface area (Å²) in [6.45, 7) is 1.28. The van der Waals surface area contributed by atoms with Crippen LogP contribution in [0.2, 0.25) is 0 Å². The highest BCUT2D eigenvalue weighted by molar-refractivity contribution is 6.45. The fourth-order valence-electron chi connectivity index (χ4n) is 2.63. The standard InChI is InChI=1S/C11H12N2O4.C9H9NO2/c1-15-12-10(11-13-17-7-6-16-11)8-4-2-3-5-9(8)14;1-11-10-8-6-12-9-5-3-2-4-7(8)9/h2-5,14H,6-7H2,1H3;2-5H,6H2,1H3. The Bertz CT molecular complexity index is 926. The minimum absolute atomic E-state index is 0.0696. The molecule has 152 valence electrons. The van der Waals surface area contributed by atoms with Crippen molar-refractivity contribution in [1.29, 1.82) is 0 Å². The number of fused-ring (bicyclic) bond motifs is 1. The van der Waals surface area contributed by atoms with E-state index >= 15 is 0 Å². The van der Waals surface area contributed by atoms with Crippen LogP contribution in [0.3, 0.4) is 0 Å². The highest BCUT2D eigenvalue weighted by Gasteiger charge is 2.21. The molecule has 9 nitrogen and oxygen atoms in total. The van der Waals surface area contributed by atoms with Crippen LogP contribution in [0.1, 0.15) is 11.1 Å². The van der Waals surface area contributed by atoms with Crippen LogP contribution in [0.4, 0.5) is 0 Å². The Morgan fingerprint density at radius 2 is 1.79 bits per heavy atom. The normalized spacial score (nSPS) is 16.3. The van der Waals surface area contributed by atoms with Gasteiger partial charge in [0, 0.05) is 5.56 Å². The largest absolute Gasteiger partial charge is 0.507 e. The number of nitrogens with zero attached hydrogens (tertiary/aromatic N) is 3. The first kappa shape index (κ1) is 20.0. The third-order valence-corrected chi connectivity index (χ3v) is 3.87. The van der Waals surface area contributed by atoms with E-state index < -0.39 is 0 Å². The first-order chi connectivity index (χ1) is 14.2. The maximum atomic E-state index is 9.75. The fourth-order valence-corrected chi connectivity index (χ4v) is 2.63. The topological polar surface area (TPSA) is 103 Å². The van der Waals surface area contributed by atoms with Crippen molar-refractivity contribution < 1.29 is 29.1 Å². The summed E-state index contributed by atoms with van der Waals surface area (Å²) in [6, 6.07) is 14.5. The molecule has 0 atom stereocenters. The third-order valence-electron chi connectivity index (χ3n) is 3.87. The maximum Gasteiger partial charge on any atom is 0.280 e. The second-order valence-corrected chi connectivity index (χ2v) is 5.72.